The van der Waals surface area contributed by atoms with Crippen molar-refractivity contribution in [2.75, 3.05) is 6.61 Å². The molecule has 2 aromatic carbocycles. The topological polar surface area (TPSA) is 272 Å². The summed E-state index contributed by atoms with van der Waals surface area (Å²) in [6, 6.07) is 14.8. The van der Waals surface area contributed by atoms with Crippen LogP contribution in [0.5, 0.6) is 0 Å². The highest BCUT2D eigenvalue weighted by atomic mass is 16.6. The van der Waals surface area contributed by atoms with Gasteiger partial charge in [0.15, 0.2) is 5.60 Å². The summed E-state index contributed by atoms with van der Waals surface area (Å²) in [5, 5.41) is 57.3. The van der Waals surface area contributed by atoms with Gasteiger partial charge in [-0.05, 0) is 64.2 Å². The van der Waals surface area contributed by atoms with Crippen molar-refractivity contribution in [1.82, 2.24) is 5.32 Å². The molecule has 6 rings (SSSR count). The maximum absolute atomic E-state index is 15.0. The van der Waals surface area contributed by atoms with Crippen molar-refractivity contribution in [3.63, 3.8) is 0 Å². The van der Waals surface area contributed by atoms with E-state index in [-0.39, 0.29) is 31.4 Å². The van der Waals surface area contributed by atoms with E-state index in [2.05, 4.69) is 10.4 Å². The van der Waals surface area contributed by atoms with Crippen LogP contribution in [0.15, 0.2) is 65.8 Å². The predicted molar refractivity (Wildman–Crippen MR) is 240 cm³/mol. The Morgan fingerprint density at radius 3 is 2.13 bits per heavy atom. The van der Waals surface area contributed by atoms with Gasteiger partial charge in [-0.15, -0.1) is 0 Å². The fourth-order valence-electron chi connectivity index (χ4n) is 11.2. The number of aliphatic hydroxyl groups is 4. The van der Waals surface area contributed by atoms with Crippen LogP contribution in [0.4, 0.5) is 4.79 Å². The minimum Gasteiger partial charge on any atom is -0.459 e. The molecule has 1 unspecified atom stereocenters. The van der Waals surface area contributed by atoms with Crippen molar-refractivity contribution in [2.45, 2.75) is 160 Å². The van der Waals surface area contributed by atoms with E-state index >= 15 is 4.79 Å². The second-order valence-corrected chi connectivity index (χ2v) is 20.4. The first-order valence-corrected chi connectivity index (χ1v) is 22.8. The minimum absolute atomic E-state index is 0.0934. The van der Waals surface area contributed by atoms with E-state index in [1.165, 1.54) is 26.0 Å². The Morgan fingerprint density at radius 1 is 0.940 bits per heavy atom. The van der Waals surface area contributed by atoms with Crippen molar-refractivity contribution >= 4 is 35.7 Å². The summed E-state index contributed by atoms with van der Waals surface area (Å²) in [6.45, 7) is 14.0. The number of nitrogens with zero attached hydrogens (tertiary/aromatic N) is 1. The van der Waals surface area contributed by atoms with Crippen molar-refractivity contribution < 1.29 is 72.8 Å². The van der Waals surface area contributed by atoms with Crippen molar-refractivity contribution in [2.24, 2.45) is 39.5 Å². The molecular weight excluding hydrogens is 871 g/mol. The molecule has 4 aliphatic rings. The number of nitrogens with one attached hydrogen (secondary N) is 1. The summed E-state index contributed by atoms with van der Waals surface area (Å²) in [4.78, 5) is 69.5. The number of hydrazone groups is 1. The molecule has 18 heteroatoms. The zero-order valence-corrected chi connectivity index (χ0v) is 39.7. The fraction of sp³-hybridized carbons (Fsp3) is 0.633. The van der Waals surface area contributed by atoms with Gasteiger partial charge in [-0.1, -0.05) is 76.2 Å². The zero-order chi connectivity index (χ0) is 49.4. The van der Waals surface area contributed by atoms with Crippen LogP contribution in [0.25, 0.3) is 0 Å². The molecule has 2 bridgehead atoms. The number of hydrogen-bond donors (Lipinski definition) is 6. The van der Waals surface area contributed by atoms with E-state index < -0.39 is 131 Å². The summed E-state index contributed by atoms with van der Waals surface area (Å²) in [6.07, 6.45) is -12.1. The summed E-state index contributed by atoms with van der Waals surface area (Å²) < 4.78 is 36.3. The van der Waals surface area contributed by atoms with E-state index in [1.807, 2.05) is 0 Å². The van der Waals surface area contributed by atoms with E-state index in [0.717, 1.165) is 0 Å². The summed E-state index contributed by atoms with van der Waals surface area (Å²) in [5.41, 5.74) is -7.32. The van der Waals surface area contributed by atoms with Crippen LogP contribution in [-0.2, 0) is 42.8 Å². The molecule has 1 amide bonds. The zero-order valence-electron chi connectivity index (χ0n) is 39.7. The third-order valence-electron chi connectivity index (χ3n) is 14.7. The molecule has 0 radical (unpaired) electrons. The van der Waals surface area contributed by atoms with Gasteiger partial charge in [-0.25, -0.2) is 14.4 Å². The van der Waals surface area contributed by atoms with Crippen molar-refractivity contribution in [1.29, 1.82) is 0 Å². The van der Waals surface area contributed by atoms with Gasteiger partial charge in [0.1, 0.15) is 35.6 Å². The van der Waals surface area contributed by atoms with Gasteiger partial charge in [0, 0.05) is 48.6 Å². The Bertz CT molecular complexity index is 2170. The molecule has 2 aromatic rings. The Balaban J connectivity index is 1.48. The third-order valence-corrected chi connectivity index (χ3v) is 14.7. The number of hydrogen-bond acceptors (Lipinski definition) is 17. The number of alkyl carbamates (subject to hydrolysis) is 1. The molecule has 14 atom stereocenters. The van der Waals surface area contributed by atoms with Crippen LogP contribution >= 0.6 is 0 Å². The number of benzene rings is 2. The lowest BCUT2D eigenvalue weighted by Gasteiger charge is -2.70. The molecule has 1 heterocycles. The second-order valence-electron chi connectivity index (χ2n) is 20.4. The summed E-state index contributed by atoms with van der Waals surface area (Å²) in [5.74, 6) is -1.74. The fourth-order valence-corrected chi connectivity index (χ4v) is 11.2. The summed E-state index contributed by atoms with van der Waals surface area (Å²) in [7, 11) is 0. The maximum atomic E-state index is 15.0. The Hall–Kier alpha value is -5.14. The lowest BCUT2D eigenvalue weighted by atomic mass is 9.42. The van der Waals surface area contributed by atoms with Gasteiger partial charge in [0.2, 0.25) is 6.10 Å². The number of esters is 4. The van der Waals surface area contributed by atoms with Crippen molar-refractivity contribution in [3.8, 4) is 0 Å². The molecule has 67 heavy (non-hydrogen) atoms. The lowest BCUT2D eigenvalue weighted by molar-refractivity contribution is -0.379. The normalized spacial score (nSPS) is 34.2. The highest BCUT2D eigenvalue weighted by molar-refractivity contribution is 5.89. The SMILES string of the molecule is CC(=O)O[C@@]12CO[C@@H]1C[C@H](O)[C@@]1(C)[C@H](O)[C@H](O)[C@@H]3C(C)[C@@H](OC(=O)[C@H](OC(=O)CCC/C(C)=N\N)[C@@H](NC(=O)OC(C)(C)C)c4ccccc4)C[C@@](O)([C@@H](OC(=O)c4ccccc4)[C@H]21)C3(C)C. The average Bonchev–Trinajstić information content (AvgIpc) is 3.25. The van der Waals surface area contributed by atoms with E-state index in [4.69, 9.17) is 34.3 Å². The van der Waals surface area contributed by atoms with Crippen LogP contribution in [-0.4, -0.2) is 122 Å². The number of amides is 1. The molecule has 0 aromatic heterocycles. The number of carbonyl (C=O) groups is 5. The molecule has 368 valence electrons. The Morgan fingerprint density at radius 2 is 1.57 bits per heavy atom. The summed E-state index contributed by atoms with van der Waals surface area (Å²) >= 11 is 0. The molecule has 3 aliphatic carbocycles. The monoisotopic (exact) mass is 937 g/mol. The first-order valence-electron chi connectivity index (χ1n) is 22.8. The molecule has 1 saturated heterocycles. The maximum Gasteiger partial charge on any atom is 0.408 e. The van der Waals surface area contributed by atoms with Crippen LogP contribution in [0.1, 0.15) is 116 Å². The van der Waals surface area contributed by atoms with E-state index in [1.54, 1.807) is 97.0 Å². The first-order chi connectivity index (χ1) is 31.3. The molecule has 18 nitrogen and oxygen atoms in total. The molecule has 7 N–H and O–H groups in total. The quantitative estimate of drug-likeness (QED) is 0.0544. The largest absolute Gasteiger partial charge is 0.459 e. The third kappa shape index (κ3) is 9.78. The molecule has 0 spiro atoms. The number of nitrogens with two attached hydrogens (primary N) is 1. The number of carbonyl (C=O) groups excluding carboxylic acids is 5. The van der Waals surface area contributed by atoms with Gasteiger partial charge in [-0.2, -0.15) is 5.10 Å². The number of aliphatic hydroxyl groups excluding tert-OH is 3. The van der Waals surface area contributed by atoms with Gasteiger partial charge in [-0.3, -0.25) is 9.59 Å². The number of fused-ring (bicyclic) bond motifs is 5. The van der Waals surface area contributed by atoms with Gasteiger partial charge in [0.05, 0.1) is 36.4 Å². The molecule has 4 fully saturated rings. The second kappa shape index (κ2) is 19.5. The average molecular weight is 938 g/mol. The lowest BCUT2D eigenvalue weighted by Crippen LogP contribution is -2.83. The smallest absolute Gasteiger partial charge is 0.408 e. The molecular formula is C49H67N3O15. The van der Waals surface area contributed by atoms with Crippen molar-refractivity contribution in [3.05, 3.63) is 71.8 Å². The predicted octanol–water partition coefficient (Wildman–Crippen LogP) is 4.04. The number of ether oxygens (including phenoxy) is 6. The first kappa shape index (κ1) is 51.3. The standard InChI is InChI=1S/C49H67N3O15/c1-26(52-50)17-16-22-34(55)64-38(36(29-18-12-10-13-19-29)51-44(60)67-45(4,5)6)43(59)63-31-24-49(61)41(65-42(58)30-20-14-11-15-21-30)39-47(9,40(57)37(56)35(27(31)2)46(49,7)8)32(54)23-33-48(39,25-62-33)66-28(3)53/h10-15,18-21,27,31-33,35-41,54,56-57,61H,16-17,22-25,50H2,1-9H3,(H,51,60)/b52-26-/t27?,31-,32-,33+,35-,36-,37+,38+,39-,40+,41-,47+,48-,49+/m0/s1. The highest BCUT2D eigenvalue weighted by Gasteiger charge is 2.79. The van der Waals surface area contributed by atoms with Gasteiger partial charge in [0.25, 0.3) is 0 Å². The molecule has 1 aliphatic heterocycles. The minimum atomic E-state index is -2.32. The van der Waals surface area contributed by atoms with Crippen LogP contribution in [0, 0.1) is 28.6 Å². The van der Waals surface area contributed by atoms with Crippen LogP contribution < -0.4 is 11.2 Å². The Kier molecular flexibility index (Phi) is 14.9. The molecule has 3 saturated carbocycles. The number of rotatable bonds is 13. The Labute approximate surface area is 390 Å². The van der Waals surface area contributed by atoms with Crippen LogP contribution in [0.3, 0.4) is 0 Å². The van der Waals surface area contributed by atoms with E-state index in [9.17, 15) is 39.6 Å². The van der Waals surface area contributed by atoms with Gasteiger partial charge < -0.3 is 60.0 Å². The van der Waals surface area contributed by atoms with E-state index in [0.29, 0.717) is 17.7 Å². The highest BCUT2D eigenvalue weighted by Crippen LogP contribution is 2.66. The van der Waals surface area contributed by atoms with Crippen LogP contribution in [0.2, 0.25) is 0 Å². The van der Waals surface area contributed by atoms with Gasteiger partial charge >= 0.3 is 30.0 Å².